The Morgan fingerprint density at radius 3 is 2.60 bits per heavy atom. The van der Waals surface area contributed by atoms with E-state index in [0.29, 0.717) is 18.2 Å². The van der Waals surface area contributed by atoms with Crippen LogP contribution in [-0.4, -0.2) is 30.8 Å². The molecule has 2 aromatic heterocycles. The first-order valence-corrected chi connectivity index (χ1v) is 6.20. The first-order valence-electron chi connectivity index (χ1n) is 6.20. The topological polar surface area (TPSA) is 92.9 Å². The first kappa shape index (κ1) is 14.0. The fraction of sp³-hybridized carbons (Fsp3) is 0.385. The monoisotopic (exact) mass is 275 g/mol. The van der Waals surface area contributed by atoms with Gasteiger partial charge in [0.05, 0.1) is 5.69 Å². The van der Waals surface area contributed by atoms with Crippen LogP contribution in [0.4, 0.5) is 5.95 Å². The number of carboxylic acids is 1. The van der Waals surface area contributed by atoms with Gasteiger partial charge in [-0.3, -0.25) is 4.68 Å². The van der Waals surface area contributed by atoms with Crippen LogP contribution in [0.2, 0.25) is 0 Å². The highest BCUT2D eigenvalue weighted by Gasteiger charge is 2.11. The Balaban J connectivity index is 2.21. The average Bonchev–Trinajstić information content (AvgIpc) is 2.60. The standard InChI is InChI=1S/C13H17N5O2/c1-7-5-11(12(19)20)16-13(15-7)14-6-10-8(2)17-18(4)9(10)3/h5H,6H2,1-4H3,(H,19,20)(H,14,15,16). The highest BCUT2D eigenvalue weighted by atomic mass is 16.4. The van der Waals surface area contributed by atoms with E-state index in [0.717, 1.165) is 17.0 Å². The van der Waals surface area contributed by atoms with Gasteiger partial charge in [-0.05, 0) is 26.8 Å². The minimum atomic E-state index is -1.06. The Bertz CT molecular complexity index is 663. The molecule has 2 N–H and O–H groups in total. The number of anilines is 1. The Morgan fingerprint density at radius 2 is 2.05 bits per heavy atom. The van der Waals surface area contributed by atoms with Crippen LogP contribution in [0, 0.1) is 20.8 Å². The molecule has 0 amide bonds. The molecule has 0 atom stereocenters. The number of carbonyl (C=O) groups is 1. The van der Waals surface area contributed by atoms with Crippen LogP contribution in [0.25, 0.3) is 0 Å². The largest absolute Gasteiger partial charge is 0.477 e. The quantitative estimate of drug-likeness (QED) is 0.877. The molecule has 0 unspecified atom stereocenters. The molecule has 0 aromatic carbocycles. The summed E-state index contributed by atoms with van der Waals surface area (Å²) in [6, 6.07) is 1.44. The van der Waals surface area contributed by atoms with Gasteiger partial charge in [0.15, 0.2) is 5.69 Å². The van der Waals surface area contributed by atoms with Gasteiger partial charge in [0.2, 0.25) is 5.95 Å². The van der Waals surface area contributed by atoms with E-state index >= 15 is 0 Å². The summed E-state index contributed by atoms with van der Waals surface area (Å²) in [6.45, 7) is 6.16. The van der Waals surface area contributed by atoms with Crippen LogP contribution in [0.5, 0.6) is 0 Å². The molecule has 20 heavy (non-hydrogen) atoms. The minimum absolute atomic E-state index is 0.0142. The molecule has 0 saturated carbocycles. The van der Waals surface area contributed by atoms with Crippen molar-refractivity contribution in [3.63, 3.8) is 0 Å². The molecule has 2 heterocycles. The van der Waals surface area contributed by atoms with E-state index < -0.39 is 5.97 Å². The molecule has 2 aromatic rings. The van der Waals surface area contributed by atoms with Crippen LogP contribution in [-0.2, 0) is 13.6 Å². The number of hydrogen-bond acceptors (Lipinski definition) is 5. The van der Waals surface area contributed by atoms with E-state index in [1.165, 1.54) is 6.07 Å². The Hall–Kier alpha value is -2.44. The van der Waals surface area contributed by atoms with Gasteiger partial charge in [0, 0.05) is 30.5 Å². The van der Waals surface area contributed by atoms with Gasteiger partial charge < -0.3 is 10.4 Å². The van der Waals surface area contributed by atoms with Crippen LogP contribution >= 0.6 is 0 Å². The van der Waals surface area contributed by atoms with Gasteiger partial charge >= 0.3 is 5.97 Å². The lowest BCUT2D eigenvalue weighted by Gasteiger charge is -2.07. The van der Waals surface area contributed by atoms with Gasteiger partial charge in [-0.1, -0.05) is 0 Å². The molecule has 106 valence electrons. The molecule has 0 spiro atoms. The van der Waals surface area contributed by atoms with Crippen molar-refractivity contribution in [3.05, 3.63) is 34.4 Å². The van der Waals surface area contributed by atoms with Crippen LogP contribution in [0.3, 0.4) is 0 Å². The summed E-state index contributed by atoms with van der Waals surface area (Å²) < 4.78 is 1.81. The highest BCUT2D eigenvalue weighted by Crippen LogP contribution is 2.14. The smallest absolute Gasteiger partial charge is 0.354 e. The van der Waals surface area contributed by atoms with E-state index in [-0.39, 0.29) is 5.69 Å². The van der Waals surface area contributed by atoms with E-state index in [2.05, 4.69) is 20.4 Å². The number of nitrogens with zero attached hydrogens (tertiary/aromatic N) is 4. The predicted molar refractivity (Wildman–Crippen MR) is 73.7 cm³/mol. The van der Waals surface area contributed by atoms with Crippen molar-refractivity contribution in [1.82, 2.24) is 19.7 Å². The number of aromatic nitrogens is 4. The molecule has 7 heteroatoms. The van der Waals surface area contributed by atoms with Crippen molar-refractivity contribution in [1.29, 1.82) is 0 Å². The molecule has 0 fully saturated rings. The summed E-state index contributed by atoms with van der Waals surface area (Å²) in [5, 5.41) is 16.4. The maximum absolute atomic E-state index is 11.0. The van der Waals surface area contributed by atoms with Gasteiger partial charge in [0.1, 0.15) is 0 Å². The maximum atomic E-state index is 11.0. The van der Waals surface area contributed by atoms with Gasteiger partial charge in [-0.15, -0.1) is 0 Å². The molecule has 0 aliphatic heterocycles. The van der Waals surface area contributed by atoms with Gasteiger partial charge in [0.25, 0.3) is 0 Å². The number of rotatable bonds is 4. The molecule has 0 saturated heterocycles. The number of nitrogens with one attached hydrogen (secondary N) is 1. The summed E-state index contributed by atoms with van der Waals surface area (Å²) in [5.74, 6) is -0.752. The maximum Gasteiger partial charge on any atom is 0.354 e. The van der Waals surface area contributed by atoms with Crippen LogP contribution in [0.15, 0.2) is 6.07 Å². The lowest BCUT2D eigenvalue weighted by atomic mass is 10.2. The molecular weight excluding hydrogens is 258 g/mol. The van der Waals surface area contributed by atoms with E-state index in [9.17, 15) is 4.79 Å². The Morgan fingerprint density at radius 1 is 1.35 bits per heavy atom. The first-order chi connectivity index (χ1) is 9.38. The highest BCUT2D eigenvalue weighted by molar-refractivity contribution is 5.85. The molecule has 2 rings (SSSR count). The fourth-order valence-electron chi connectivity index (χ4n) is 2.00. The lowest BCUT2D eigenvalue weighted by Crippen LogP contribution is -2.10. The average molecular weight is 275 g/mol. The van der Waals surface area contributed by atoms with Crippen molar-refractivity contribution >= 4 is 11.9 Å². The molecule has 0 aliphatic rings. The molecule has 0 radical (unpaired) electrons. The second-order valence-electron chi connectivity index (χ2n) is 4.65. The third kappa shape index (κ3) is 2.76. The van der Waals surface area contributed by atoms with Crippen molar-refractivity contribution in [2.45, 2.75) is 27.3 Å². The summed E-state index contributed by atoms with van der Waals surface area (Å²) in [6.07, 6.45) is 0. The van der Waals surface area contributed by atoms with E-state index in [4.69, 9.17) is 5.11 Å². The fourth-order valence-corrected chi connectivity index (χ4v) is 2.00. The van der Waals surface area contributed by atoms with Crippen molar-refractivity contribution in [3.8, 4) is 0 Å². The summed E-state index contributed by atoms with van der Waals surface area (Å²) in [4.78, 5) is 19.1. The normalized spacial score (nSPS) is 10.6. The third-order valence-corrected chi connectivity index (χ3v) is 3.16. The van der Waals surface area contributed by atoms with Crippen molar-refractivity contribution in [2.75, 3.05) is 5.32 Å². The lowest BCUT2D eigenvalue weighted by molar-refractivity contribution is 0.0690. The molecule has 0 aliphatic carbocycles. The zero-order chi connectivity index (χ0) is 14.9. The van der Waals surface area contributed by atoms with Crippen molar-refractivity contribution < 1.29 is 9.90 Å². The molecule has 0 bridgehead atoms. The minimum Gasteiger partial charge on any atom is -0.477 e. The van der Waals surface area contributed by atoms with Gasteiger partial charge in [-0.2, -0.15) is 5.10 Å². The predicted octanol–water partition coefficient (Wildman–Crippen LogP) is 1.45. The summed E-state index contributed by atoms with van der Waals surface area (Å²) in [5.41, 5.74) is 3.65. The number of hydrogen-bond donors (Lipinski definition) is 2. The summed E-state index contributed by atoms with van der Waals surface area (Å²) in [7, 11) is 1.89. The van der Waals surface area contributed by atoms with E-state index in [1.54, 1.807) is 6.92 Å². The number of aromatic carboxylic acids is 1. The second-order valence-corrected chi connectivity index (χ2v) is 4.65. The second kappa shape index (κ2) is 5.28. The number of carboxylic acid groups (broad SMARTS) is 1. The van der Waals surface area contributed by atoms with E-state index in [1.807, 2.05) is 25.6 Å². The van der Waals surface area contributed by atoms with Crippen LogP contribution in [0.1, 0.15) is 33.1 Å². The summed E-state index contributed by atoms with van der Waals surface area (Å²) >= 11 is 0. The van der Waals surface area contributed by atoms with Gasteiger partial charge in [-0.25, -0.2) is 14.8 Å². The third-order valence-electron chi connectivity index (χ3n) is 3.16. The Kier molecular flexibility index (Phi) is 3.69. The zero-order valence-electron chi connectivity index (χ0n) is 11.9. The van der Waals surface area contributed by atoms with Crippen molar-refractivity contribution in [2.24, 2.45) is 7.05 Å². The van der Waals surface area contributed by atoms with Crippen LogP contribution < -0.4 is 5.32 Å². The zero-order valence-corrected chi connectivity index (χ0v) is 11.9. The molecular formula is C13H17N5O2. The number of aryl methyl sites for hydroxylation is 3. The Labute approximate surface area is 116 Å². The SMILES string of the molecule is Cc1cc(C(=O)O)nc(NCc2c(C)nn(C)c2C)n1. The molecule has 7 nitrogen and oxygen atoms in total.